The van der Waals surface area contributed by atoms with Gasteiger partial charge in [0, 0.05) is 12.1 Å². The highest BCUT2D eigenvalue weighted by molar-refractivity contribution is 4.90. The molecule has 2 rings (SSSR count). The minimum Gasteiger partial charge on any atom is -0.327 e. The van der Waals surface area contributed by atoms with Gasteiger partial charge in [-0.3, -0.25) is 0 Å². The molecule has 0 radical (unpaired) electrons. The molecule has 0 aliphatic heterocycles. The Morgan fingerprint density at radius 1 is 0.762 bits per heavy atom. The second-order valence-electron chi connectivity index (χ2n) is 7.88. The van der Waals surface area contributed by atoms with Crippen LogP contribution in [-0.2, 0) is 0 Å². The molecular formula is C19H38N2. The zero-order chi connectivity index (χ0) is 15.4. The van der Waals surface area contributed by atoms with Crippen LogP contribution in [0, 0.1) is 29.6 Å². The van der Waals surface area contributed by atoms with Crippen LogP contribution in [0.25, 0.3) is 0 Å². The van der Waals surface area contributed by atoms with Crippen molar-refractivity contribution in [1.82, 2.24) is 0 Å². The summed E-state index contributed by atoms with van der Waals surface area (Å²) in [6, 6.07) is 0.929. The Bertz CT molecular complexity index is 276. The van der Waals surface area contributed by atoms with E-state index in [1.54, 1.807) is 0 Å². The van der Waals surface area contributed by atoms with Gasteiger partial charge in [-0.15, -0.1) is 0 Å². The lowest BCUT2D eigenvalue weighted by Crippen LogP contribution is -2.42. The van der Waals surface area contributed by atoms with Crippen LogP contribution in [0.5, 0.6) is 0 Å². The molecule has 0 aromatic heterocycles. The van der Waals surface area contributed by atoms with Crippen molar-refractivity contribution >= 4 is 0 Å². The van der Waals surface area contributed by atoms with E-state index in [9.17, 15) is 0 Å². The quantitative estimate of drug-likeness (QED) is 0.793. The van der Waals surface area contributed by atoms with E-state index in [4.69, 9.17) is 11.5 Å². The lowest BCUT2D eigenvalue weighted by molar-refractivity contribution is 0.0831. The molecule has 0 spiro atoms. The third kappa shape index (κ3) is 4.01. The van der Waals surface area contributed by atoms with E-state index in [0.29, 0.717) is 12.1 Å². The Labute approximate surface area is 132 Å². The van der Waals surface area contributed by atoms with Crippen molar-refractivity contribution in [3.63, 3.8) is 0 Å². The monoisotopic (exact) mass is 294 g/mol. The van der Waals surface area contributed by atoms with Gasteiger partial charge in [-0.05, 0) is 68.1 Å². The summed E-state index contributed by atoms with van der Waals surface area (Å²) < 4.78 is 0. The molecule has 124 valence electrons. The molecule has 2 fully saturated rings. The molecule has 6 atom stereocenters. The van der Waals surface area contributed by atoms with Gasteiger partial charge in [-0.2, -0.15) is 0 Å². The van der Waals surface area contributed by atoms with Gasteiger partial charge in [0.25, 0.3) is 0 Å². The fourth-order valence-corrected chi connectivity index (χ4v) is 5.42. The van der Waals surface area contributed by atoms with Crippen LogP contribution in [0.4, 0.5) is 0 Å². The molecule has 0 aromatic carbocycles. The molecule has 0 heterocycles. The first kappa shape index (κ1) is 17.3. The molecule has 2 aliphatic carbocycles. The predicted octanol–water partition coefficient (Wildman–Crippen LogP) is 4.32. The van der Waals surface area contributed by atoms with Gasteiger partial charge >= 0.3 is 0 Å². The summed E-state index contributed by atoms with van der Waals surface area (Å²) in [7, 11) is 0. The van der Waals surface area contributed by atoms with Gasteiger partial charge in [0.2, 0.25) is 0 Å². The van der Waals surface area contributed by atoms with Crippen molar-refractivity contribution in [3.8, 4) is 0 Å². The highest BCUT2D eigenvalue weighted by Crippen LogP contribution is 2.44. The Balaban J connectivity index is 1.99. The summed E-state index contributed by atoms with van der Waals surface area (Å²) in [5.41, 5.74) is 12.6. The number of hydrogen-bond donors (Lipinski definition) is 2. The second-order valence-corrected chi connectivity index (χ2v) is 7.88. The maximum absolute atomic E-state index is 6.32. The van der Waals surface area contributed by atoms with Crippen LogP contribution < -0.4 is 11.5 Å². The van der Waals surface area contributed by atoms with E-state index in [2.05, 4.69) is 20.8 Å². The highest BCUT2D eigenvalue weighted by atomic mass is 14.7. The van der Waals surface area contributed by atoms with Crippen molar-refractivity contribution in [2.24, 2.45) is 41.1 Å². The van der Waals surface area contributed by atoms with Crippen LogP contribution in [0.1, 0.15) is 78.6 Å². The lowest BCUT2D eigenvalue weighted by Gasteiger charge is -2.44. The molecule has 0 amide bonds. The number of nitrogens with two attached hydrogens (primary N) is 2. The minimum absolute atomic E-state index is 0.465. The topological polar surface area (TPSA) is 52.0 Å². The Morgan fingerprint density at radius 3 is 1.52 bits per heavy atom. The average Bonchev–Trinajstić information content (AvgIpc) is 2.51. The third-order valence-corrected chi connectivity index (χ3v) is 6.89. The highest BCUT2D eigenvalue weighted by Gasteiger charge is 2.37. The summed E-state index contributed by atoms with van der Waals surface area (Å²) in [6.07, 6.45) is 11.9. The maximum atomic E-state index is 6.32. The summed E-state index contributed by atoms with van der Waals surface area (Å²) in [6.45, 7) is 7.05. The minimum atomic E-state index is 0.465. The zero-order valence-corrected chi connectivity index (χ0v) is 14.6. The Kier molecular flexibility index (Phi) is 6.55. The lowest BCUT2D eigenvalue weighted by atomic mass is 9.63. The summed E-state index contributed by atoms with van der Waals surface area (Å²) in [5.74, 6) is 4.32. The molecular weight excluding hydrogens is 256 g/mol. The Hall–Kier alpha value is -0.0800. The van der Waals surface area contributed by atoms with Gasteiger partial charge in [-0.25, -0.2) is 0 Å². The zero-order valence-electron chi connectivity index (χ0n) is 14.6. The van der Waals surface area contributed by atoms with Crippen molar-refractivity contribution in [1.29, 1.82) is 0 Å². The molecule has 2 aliphatic rings. The van der Waals surface area contributed by atoms with Crippen LogP contribution in [-0.4, -0.2) is 12.1 Å². The first-order chi connectivity index (χ1) is 10.1. The number of rotatable bonds is 5. The first-order valence-corrected chi connectivity index (χ1v) is 9.61. The third-order valence-electron chi connectivity index (χ3n) is 6.89. The Morgan fingerprint density at radius 2 is 1.19 bits per heavy atom. The predicted molar refractivity (Wildman–Crippen MR) is 92.0 cm³/mol. The van der Waals surface area contributed by atoms with Crippen LogP contribution in [0.3, 0.4) is 0 Å². The first-order valence-electron chi connectivity index (χ1n) is 9.61. The standard InChI is InChI=1S/C19H38N2/c1-4-13-11-15(7-9-18(13)20)17(6-3)16-8-10-19(21)14(5-2)12-16/h13-19H,4-12,20-21H2,1-3H3. The van der Waals surface area contributed by atoms with E-state index < -0.39 is 0 Å². The van der Waals surface area contributed by atoms with Crippen molar-refractivity contribution in [3.05, 3.63) is 0 Å². The molecule has 2 heteroatoms. The van der Waals surface area contributed by atoms with Crippen LogP contribution in [0.2, 0.25) is 0 Å². The summed E-state index contributed by atoms with van der Waals surface area (Å²) in [4.78, 5) is 0. The smallest absolute Gasteiger partial charge is 0.00672 e. The van der Waals surface area contributed by atoms with Crippen LogP contribution in [0.15, 0.2) is 0 Å². The van der Waals surface area contributed by atoms with Crippen molar-refractivity contribution in [2.45, 2.75) is 90.6 Å². The average molecular weight is 295 g/mol. The molecule has 4 N–H and O–H groups in total. The van der Waals surface area contributed by atoms with Gasteiger partial charge in [0.05, 0.1) is 0 Å². The van der Waals surface area contributed by atoms with Gasteiger partial charge in [0.15, 0.2) is 0 Å². The van der Waals surface area contributed by atoms with Gasteiger partial charge in [0.1, 0.15) is 0 Å². The molecule has 2 nitrogen and oxygen atoms in total. The van der Waals surface area contributed by atoms with E-state index in [0.717, 1.165) is 29.6 Å². The largest absolute Gasteiger partial charge is 0.327 e. The fraction of sp³-hybridized carbons (Fsp3) is 1.00. The normalized spacial score (nSPS) is 42.7. The van der Waals surface area contributed by atoms with Crippen molar-refractivity contribution < 1.29 is 0 Å². The molecule has 0 saturated heterocycles. The van der Waals surface area contributed by atoms with E-state index >= 15 is 0 Å². The second kappa shape index (κ2) is 7.97. The van der Waals surface area contributed by atoms with Crippen molar-refractivity contribution in [2.75, 3.05) is 0 Å². The van der Waals surface area contributed by atoms with Gasteiger partial charge in [-0.1, -0.05) is 40.0 Å². The molecule has 0 aromatic rings. The molecule has 0 bridgehead atoms. The fourth-order valence-electron chi connectivity index (χ4n) is 5.42. The molecule has 21 heavy (non-hydrogen) atoms. The molecule has 6 unspecified atom stereocenters. The van der Waals surface area contributed by atoms with Crippen LogP contribution >= 0.6 is 0 Å². The summed E-state index contributed by atoms with van der Waals surface area (Å²) in [5, 5.41) is 0. The maximum Gasteiger partial charge on any atom is 0.00672 e. The van der Waals surface area contributed by atoms with E-state index in [-0.39, 0.29) is 0 Å². The van der Waals surface area contributed by atoms with E-state index in [1.807, 2.05) is 0 Å². The van der Waals surface area contributed by atoms with E-state index in [1.165, 1.54) is 57.8 Å². The molecule has 2 saturated carbocycles. The summed E-state index contributed by atoms with van der Waals surface area (Å²) >= 11 is 0. The number of hydrogen-bond acceptors (Lipinski definition) is 2. The van der Waals surface area contributed by atoms with Gasteiger partial charge < -0.3 is 11.5 Å². The SMILES string of the molecule is CCC1CC(C(CC)C2CCC(N)C(CC)C2)CCC1N.